The zero-order valence-corrected chi connectivity index (χ0v) is 20.8. The van der Waals surface area contributed by atoms with Crippen LogP contribution in [0.4, 0.5) is 0 Å². The average Bonchev–Trinajstić information content (AvgIpc) is 2.80. The fraction of sp³-hybridized carbons (Fsp3) is 0.440. The van der Waals surface area contributed by atoms with Gasteiger partial charge in [0.2, 0.25) is 11.8 Å². The van der Waals surface area contributed by atoms with Gasteiger partial charge in [-0.15, -0.1) is 11.8 Å². The van der Waals surface area contributed by atoms with Crippen LogP contribution in [-0.4, -0.2) is 41.7 Å². The summed E-state index contributed by atoms with van der Waals surface area (Å²) in [5, 5.41) is 3.70. The van der Waals surface area contributed by atoms with Crippen LogP contribution in [0, 0.1) is 0 Å². The first-order valence-electron chi connectivity index (χ1n) is 10.9. The predicted octanol–water partition coefficient (Wildman–Crippen LogP) is 5.55. The van der Waals surface area contributed by atoms with Crippen LogP contribution < -0.4 is 10.1 Å². The van der Waals surface area contributed by atoms with Gasteiger partial charge in [-0.05, 0) is 74.4 Å². The van der Waals surface area contributed by atoms with Gasteiger partial charge in [0.05, 0.1) is 7.11 Å². The minimum Gasteiger partial charge on any atom is -0.497 e. The molecule has 0 aromatic heterocycles. The average molecular weight is 477 g/mol. The molecule has 0 radical (unpaired) electrons. The maximum Gasteiger partial charge on any atom is 0.242 e. The van der Waals surface area contributed by atoms with Crippen LogP contribution in [0.2, 0.25) is 5.02 Å². The topological polar surface area (TPSA) is 58.6 Å². The van der Waals surface area contributed by atoms with E-state index < -0.39 is 6.04 Å². The highest BCUT2D eigenvalue weighted by molar-refractivity contribution is 7.99. The van der Waals surface area contributed by atoms with Crippen molar-refractivity contribution in [2.24, 2.45) is 0 Å². The molecule has 5 nitrogen and oxygen atoms in total. The van der Waals surface area contributed by atoms with Crippen LogP contribution >= 0.6 is 23.4 Å². The molecule has 0 bridgehead atoms. The minimum absolute atomic E-state index is 0.0312. The van der Waals surface area contributed by atoms with E-state index in [0.717, 1.165) is 34.8 Å². The summed E-state index contributed by atoms with van der Waals surface area (Å²) in [5.41, 5.74) is 0.927. The number of thioether (sulfide) groups is 1. The van der Waals surface area contributed by atoms with Crippen molar-refractivity contribution in [2.75, 3.05) is 12.9 Å². The van der Waals surface area contributed by atoms with Gasteiger partial charge in [-0.25, -0.2) is 0 Å². The highest BCUT2D eigenvalue weighted by Crippen LogP contribution is 2.22. The van der Waals surface area contributed by atoms with Crippen LogP contribution in [0.5, 0.6) is 5.75 Å². The molecule has 0 heterocycles. The van der Waals surface area contributed by atoms with Crippen LogP contribution in [0.15, 0.2) is 53.4 Å². The second-order valence-electron chi connectivity index (χ2n) is 7.77. The van der Waals surface area contributed by atoms with Gasteiger partial charge in [-0.2, -0.15) is 0 Å². The third-order valence-electron chi connectivity index (χ3n) is 5.27. The lowest BCUT2D eigenvalue weighted by Crippen LogP contribution is -2.49. The van der Waals surface area contributed by atoms with E-state index in [1.165, 1.54) is 0 Å². The van der Waals surface area contributed by atoms with Crippen molar-refractivity contribution in [3.63, 3.8) is 0 Å². The zero-order chi connectivity index (χ0) is 23.5. The number of hydrogen-bond donors (Lipinski definition) is 1. The third kappa shape index (κ3) is 8.40. The summed E-state index contributed by atoms with van der Waals surface area (Å²) in [7, 11) is 1.61. The number of methoxy groups -OCH3 is 1. The summed E-state index contributed by atoms with van der Waals surface area (Å²) >= 11 is 7.62. The largest absolute Gasteiger partial charge is 0.497 e. The number of carbonyl (C=O) groups excluding carboxylic acids is 2. The Morgan fingerprint density at radius 1 is 1.16 bits per heavy atom. The molecule has 0 aliphatic rings. The van der Waals surface area contributed by atoms with E-state index in [0.29, 0.717) is 18.0 Å². The van der Waals surface area contributed by atoms with Gasteiger partial charge in [0.1, 0.15) is 11.8 Å². The number of nitrogens with zero attached hydrogens (tertiary/aromatic N) is 1. The summed E-state index contributed by atoms with van der Waals surface area (Å²) in [6.45, 7) is 6.13. The fourth-order valence-electron chi connectivity index (χ4n) is 3.10. The molecular formula is C25H33ClN2O3S. The second-order valence-corrected chi connectivity index (χ2v) is 9.38. The van der Waals surface area contributed by atoms with Crippen molar-refractivity contribution in [1.82, 2.24) is 10.2 Å². The van der Waals surface area contributed by atoms with Crippen LogP contribution in [-0.2, 0) is 16.1 Å². The van der Waals surface area contributed by atoms with Crippen LogP contribution in [0.25, 0.3) is 0 Å². The molecule has 32 heavy (non-hydrogen) atoms. The van der Waals surface area contributed by atoms with E-state index in [1.54, 1.807) is 30.7 Å². The molecule has 1 N–H and O–H groups in total. The molecule has 0 aliphatic heterocycles. The number of nitrogens with one attached hydrogen (secondary N) is 1. The number of hydrogen-bond acceptors (Lipinski definition) is 4. The molecule has 2 aromatic rings. The number of ether oxygens (including phenoxy) is 1. The predicted molar refractivity (Wildman–Crippen MR) is 132 cm³/mol. The molecule has 174 valence electrons. The number of halogens is 1. The Labute approximate surface area is 200 Å². The lowest BCUT2D eigenvalue weighted by molar-refractivity contribution is -0.140. The van der Waals surface area contributed by atoms with Crippen molar-refractivity contribution in [3.8, 4) is 5.75 Å². The quantitative estimate of drug-likeness (QED) is 0.322. The summed E-state index contributed by atoms with van der Waals surface area (Å²) in [5.74, 6) is 1.38. The second kappa shape index (κ2) is 13.4. The Hall–Kier alpha value is -2.18. The third-order valence-corrected chi connectivity index (χ3v) is 6.62. The summed E-state index contributed by atoms with van der Waals surface area (Å²) in [6, 6.07) is 14.8. The van der Waals surface area contributed by atoms with E-state index in [-0.39, 0.29) is 17.9 Å². The summed E-state index contributed by atoms with van der Waals surface area (Å²) in [6.07, 6.45) is 1.94. The molecule has 2 atom stereocenters. The van der Waals surface area contributed by atoms with Gasteiger partial charge in [-0.3, -0.25) is 9.59 Å². The Balaban J connectivity index is 2.03. The molecule has 0 saturated heterocycles. The normalized spacial score (nSPS) is 12.7. The molecule has 2 amide bonds. The monoisotopic (exact) mass is 476 g/mol. The molecule has 2 aromatic carbocycles. The summed E-state index contributed by atoms with van der Waals surface area (Å²) in [4.78, 5) is 28.7. The maximum absolute atomic E-state index is 13.1. The Morgan fingerprint density at radius 2 is 1.88 bits per heavy atom. The number of amides is 2. The molecule has 0 fully saturated rings. The number of carbonyl (C=O) groups is 2. The molecule has 0 spiro atoms. The van der Waals surface area contributed by atoms with Gasteiger partial charge < -0.3 is 15.0 Å². The van der Waals surface area contributed by atoms with Crippen molar-refractivity contribution in [3.05, 3.63) is 59.1 Å². The smallest absolute Gasteiger partial charge is 0.242 e. The zero-order valence-electron chi connectivity index (χ0n) is 19.3. The SMILES string of the molecule is CC[C@H](C)NC(=O)[C@H](C)N(Cc1cccc(OC)c1)C(=O)CCCSc1ccc(Cl)cc1. The van der Waals surface area contributed by atoms with Gasteiger partial charge in [0, 0.05) is 28.9 Å². The number of benzene rings is 2. The Kier molecular flexibility index (Phi) is 10.9. The lowest BCUT2D eigenvalue weighted by atomic mass is 10.1. The van der Waals surface area contributed by atoms with E-state index in [2.05, 4.69) is 5.32 Å². The van der Waals surface area contributed by atoms with Gasteiger partial charge in [0.25, 0.3) is 0 Å². The molecule has 2 rings (SSSR count). The first-order valence-corrected chi connectivity index (χ1v) is 12.3. The minimum atomic E-state index is -0.563. The molecule has 0 aliphatic carbocycles. The number of rotatable bonds is 12. The molecule has 0 saturated carbocycles. The fourth-order valence-corrected chi connectivity index (χ4v) is 4.08. The highest BCUT2D eigenvalue weighted by atomic mass is 35.5. The van der Waals surface area contributed by atoms with Crippen molar-refractivity contribution in [1.29, 1.82) is 0 Å². The highest BCUT2D eigenvalue weighted by Gasteiger charge is 2.26. The molecule has 0 unspecified atom stereocenters. The molecule has 7 heteroatoms. The van der Waals surface area contributed by atoms with Crippen molar-refractivity contribution in [2.45, 2.75) is 63.6 Å². The standard InChI is InChI=1S/C25H33ClN2O3S/c1-5-18(2)27-25(30)19(3)28(17-20-8-6-9-22(16-20)31-4)24(29)10-7-15-32-23-13-11-21(26)12-14-23/h6,8-9,11-14,16,18-19H,5,7,10,15,17H2,1-4H3,(H,27,30)/t18-,19-/m0/s1. The van der Waals surface area contributed by atoms with E-state index >= 15 is 0 Å². The van der Waals surface area contributed by atoms with Gasteiger partial charge >= 0.3 is 0 Å². The van der Waals surface area contributed by atoms with Crippen LogP contribution in [0.3, 0.4) is 0 Å². The molecular weight excluding hydrogens is 444 g/mol. The van der Waals surface area contributed by atoms with Gasteiger partial charge in [0.15, 0.2) is 0 Å². The Bertz CT molecular complexity index is 876. The Morgan fingerprint density at radius 3 is 2.53 bits per heavy atom. The van der Waals surface area contributed by atoms with E-state index in [1.807, 2.05) is 62.4 Å². The van der Waals surface area contributed by atoms with E-state index in [9.17, 15) is 9.59 Å². The first kappa shape index (κ1) is 26.1. The van der Waals surface area contributed by atoms with Crippen molar-refractivity contribution >= 4 is 35.2 Å². The van der Waals surface area contributed by atoms with E-state index in [4.69, 9.17) is 16.3 Å². The summed E-state index contributed by atoms with van der Waals surface area (Å²) < 4.78 is 5.31. The maximum atomic E-state index is 13.1. The first-order chi connectivity index (χ1) is 15.3. The van der Waals surface area contributed by atoms with Crippen molar-refractivity contribution < 1.29 is 14.3 Å². The van der Waals surface area contributed by atoms with Crippen LogP contribution in [0.1, 0.15) is 45.6 Å². The van der Waals surface area contributed by atoms with Gasteiger partial charge in [-0.1, -0.05) is 30.7 Å². The lowest BCUT2D eigenvalue weighted by Gasteiger charge is -2.30.